The van der Waals surface area contributed by atoms with Crippen LogP contribution in [0.1, 0.15) is 29.6 Å². The van der Waals surface area contributed by atoms with Gasteiger partial charge in [0.1, 0.15) is 28.0 Å². The molecule has 1 fully saturated rings. The number of amides is 1. The van der Waals surface area contributed by atoms with Gasteiger partial charge in [-0.1, -0.05) is 6.07 Å². The molecule has 1 amide bonds. The quantitative estimate of drug-likeness (QED) is 0.929. The second-order valence-electron chi connectivity index (χ2n) is 5.97. The van der Waals surface area contributed by atoms with Crippen molar-refractivity contribution < 1.29 is 9.18 Å². The number of aryl methyl sites for hydroxylation is 1. The first-order valence-electron chi connectivity index (χ1n) is 7.60. The molecule has 0 saturated carbocycles. The molecule has 1 saturated heterocycles. The summed E-state index contributed by atoms with van der Waals surface area (Å²) in [7, 11) is 0. The van der Waals surface area contributed by atoms with Crippen molar-refractivity contribution in [1.29, 1.82) is 5.26 Å². The second kappa shape index (κ2) is 6.21. The highest BCUT2D eigenvalue weighted by atomic mass is 32.1. The Morgan fingerprint density at radius 3 is 2.96 bits per heavy atom. The summed E-state index contributed by atoms with van der Waals surface area (Å²) in [4.78, 5) is 18.2. The lowest BCUT2D eigenvalue weighted by Gasteiger charge is -2.29. The van der Waals surface area contributed by atoms with Crippen LogP contribution in [0.4, 0.5) is 10.1 Å². The predicted molar refractivity (Wildman–Crippen MR) is 90.3 cm³/mol. The maximum absolute atomic E-state index is 13.9. The van der Waals surface area contributed by atoms with E-state index in [1.165, 1.54) is 24.3 Å². The maximum atomic E-state index is 13.9. The third kappa shape index (κ3) is 2.85. The zero-order valence-corrected chi connectivity index (χ0v) is 14.3. The molecule has 1 aliphatic rings. The zero-order valence-electron chi connectivity index (χ0n) is 13.5. The molecule has 24 heavy (non-hydrogen) atoms. The summed E-state index contributed by atoms with van der Waals surface area (Å²) in [5, 5.41) is 15.1. The molecule has 7 heteroatoms. The van der Waals surface area contributed by atoms with E-state index < -0.39 is 11.4 Å². The Morgan fingerprint density at radius 2 is 2.33 bits per heavy atom. The number of benzene rings is 1. The van der Waals surface area contributed by atoms with Crippen LogP contribution in [0.5, 0.6) is 0 Å². The van der Waals surface area contributed by atoms with Crippen molar-refractivity contribution in [2.24, 2.45) is 0 Å². The monoisotopic (exact) mass is 344 g/mol. The molecule has 1 aromatic carbocycles. The van der Waals surface area contributed by atoms with Crippen LogP contribution in [0.2, 0.25) is 0 Å². The van der Waals surface area contributed by atoms with Gasteiger partial charge in [-0.2, -0.15) is 5.26 Å². The van der Waals surface area contributed by atoms with E-state index in [1.807, 2.05) is 23.3 Å². The number of hydrogen-bond donors (Lipinski definition) is 1. The first kappa shape index (κ1) is 16.4. The van der Waals surface area contributed by atoms with Gasteiger partial charge in [0.15, 0.2) is 0 Å². The van der Waals surface area contributed by atoms with E-state index in [9.17, 15) is 14.4 Å². The number of anilines is 1. The van der Waals surface area contributed by atoms with Crippen LogP contribution in [-0.4, -0.2) is 24.0 Å². The molecule has 1 N–H and O–H groups in total. The highest BCUT2D eigenvalue weighted by molar-refractivity contribution is 7.09. The molecule has 1 aromatic heterocycles. The van der Waals surface area contributed by atoms with Gasteiger partial charge < -0.3 is 10.2 Å². The number of nitrogens with zero attached hydrogens (tertiary/aromatic N) is 3. The van der Waals surface area contributed by atoms with E-state index in [0.717, 1.165) is 10.7 Å². The maximum Gasteiger partial charge on any atom is 0.217 e. The van der Waals surface area contributed by atoms with Crippen molar-refractivity contribution >= 4 is 22.9 Å². The average Bonchev–Trinajstić information content (AvgIpc) is 3.14. The molecule has 0 radical (unpaired) electrons. The number of nitrogens with one attached hydrogen (secondary N) is 1. The van der Waals surface area contributed by atoms with Crippen LogP contribution >= 0.6 is 11.3 Å². The van der Waals surface area contributed by atoms with E-state index in [2.05, 4.69) is 10.3 Å². The smallest absolute Gasteiger partial charge is 0.217 e. The Morgan fingerprint density at radius 1 is 1.54 bits per heavy atom. The minimum Gasteiger partial charge on any atom is -0.367 e. The summed E-state index contributed by atoms with van der Waals surface area (Å²) >= 11 is 1.51. The number of carbonyl (C=O) groups is 1. The summed E-state index contributed by atoms with van der Waals surface area (Å²) < 4.78 is 13.9. The number of hydrogen-bond acceptors (Lipinski definition) is 5. The van der Waals surface area contributed by atoms with Gasteiger partial charge in [0, 0.05) is 31.1 Å². The molecule has 1 aliphatic heterocycles. The summed E-state index contributed by atoms with van der Waals surface area (Å²) in [6, 6.07) is 6.55. The van der Waals surface area contributed by atoms with E-state index in [0.29, 0.717) is 25.2 Å². The minimum absolute atomic E-state index is 0.0337. The van der Waals surface area contributed by atoms with E-state index in [-0.39, 0.29) is 11.5 Å². The number of aromatic nitrogens is 1. The second-order valence-corrected chi connectivity index (χ2v) is 6.83. The van der Waals surface area contributed by atoms with Crippen molar-refractivity contribution in [3.8, 4) is 6.07 Å². The third-order valence-electron chi connectivity index (χ3n) is 4.16. The van der Waals surface area contributed by atoms with E-state index in [1.54, 1.807) is 12.1 Å². The normalized spacial score (nSPS) is 20.0. The summed E-state index contributed by atoms with van der Waals surface area (Å²) in [6.07, 6.45) is 0.654. The molecule has 3 rings (SSSR count). The first-order valence-corrected chi connectivity index (χ1v) is 8.48. The van der Waals surface area contributed by atoms with Crippen LogP contribution in [0, 0.1) is 24.1 Å². The van der Waals surface area contributed by atoms with Gasteiger partial charge in [-0.3, -0.25) is 4.79 Å². The van der Waals surface area contributed by atoms with Gasteiger partial charge >= 0.3 is 0 Å². The van der Waals surface area contributed by atoms with Crippen LogP contribution in [0.3, 0.4) is 0 Å². The summed E-state index contributed by atoms with van der Waals surface area (Å²) in [5.41, 5.74) is 0.884. The van der Waals surface area contributed by atoms with Gasteiger partial charge in [0.2, 0.25) is 5.91 Å². The van der Waals surface area contributed by atoms with Crippen LogP contribution in [-0.2, 0) is 10.3 Å². The van der Waals surface area contributed by atoms with Gasteiger partial charge in [0.25, 0.3) is 0 Å². The standard InChI is InChI=1S/C17H17FN4OS/c1-11-9-24-16(20-11)17(21-12(2)23)6-7-22(10-17)15-5-3-4-14(18)13(15)8-19/h3-5,9H,6-7,10H2,1-2H3,(H,21,23). The Labute approximate surface area is 143 Å². The van der Waals surface area contributed by atoms with Crippen LogP contribution in [0.15, 0.2) is 23.6 Å². The highest BCUT2D eigenvalue weighted by Gasteiger charge is 2.43. The zero-order chi connectivity index (χ0) is 17.3. The van der Waals surface area contributed by atoms with Crippen molar-refractivity contribution in [2.45, 2.75) is 25.8 Å². The minimum atomic E-state index is -0.607. The van der Waals surface area contributed by atoms with Crippen molar-refractivity contribution in [3.63, 3.8) is 0 Å². The molecule has 5 nitrogen and oxygen atoms in total. The summed E-state index contributed by atoms with van der Waals surface area (Å²) in [6.45, 7) is 4.46. The number of halogens is 1. The molecule has 2 aromatic rings. The van der Waals surface area contributed by atoms with Crippen molar-refractivity contribution in [1.82, 2.24) is 10.3 Å². The fourth-order valence-corrected chi connectivity index (χ4v) is 4.12. The molecule has 0 aliphatic carbocycles. The molecule has 1 unspecified atom stereocenters. The SMILES string of the molecule is CC(=O)NC1(c2nc(C)cs2)CCN(c2cccc(F)c2C#N)C1. The van der Waals surface area contributed by atoms with Gasteiger partial charge in [-0.05, 0) is 25.5 Å². The fraction of sp³-hybridized carbons (Fsp3) is 0.353. The molecule has 124 valence electrons. The number of carbonyl (C=O) groups excluding carboxylic acids is 1. The van der Waals surface area contributed by atoms with Crippen molar-refractivity contribution in [2.75, 3.05) is 18.0 Å². The number of rotatable bonds is 3. The van der Waals surface area contributed by atoms with E-state index in [4.69, 9.17) is 0 Å². The molecule has 0 spiro atoms. The lowest BCUT2D eigenvalue weighted by molar-refractivity contribution is -0.120. The largest absolute Gasteiger partial charge is 0.367 e. The van der Waals surface area contributed by atoms with Gasteiger partial charge in [-0.15, -0.1) is 11.3 Å². The Kier molecular flexibility index (Phi) is 4.24. The average molecular weight is 344 g/mol. The lowest BCUT2D eigenvalue weighted by atomic mass is 9.99. The van der Waals surface area contributed by atoms with Crippen LogP contribution < -0.4 is 10.2 Å². The first-order chi connectivity index (χ1) is 11.4. The lowest BCUT2D eigenvalue weighted by Crippen LogP contribution is -2.47. The number of nitriles is 1. The van der Waals surface area contributed by atoms with Crippen molar-refractivity contribution in [3.05, 3.63) is 45.7 Å². The fourth-order valence-electron chi connectivity index (χ4n) is 3.14. The summed E-state index contributed by atoms with van der Waals surface area (Å²) in [5.74, 6) is -0.665. The predicted octanol–water partition coefficient (Wildman–Crippen LogP) is 2.70. The third-order valence-corrected chi connectivity index (χ3v) is 5.32. The Balaban J connectivity index is 1.98. The molecule has 0 bridgehead atoms. The molecule has 2 heterocycles. The van der Waals surface area contributed by atoms with Gasteiger partial charge in [0.05, 0.1) is 5.69 Å². The molecular weight excluding hydrogens is 327 g/mol. The van der Waals surface area contributed by atoms with E-state index >= 15 is 0 Å². The molecule has 1 atom stereocenters. The Hall–Kier alpha value is -2.46. The highest BCUT2D eigenvalue weighted by Crippen LogP contribution is 2.37. The Bertz CT molecular complexity index is 828. The molecular formula is C17H17FN4OS. The number of thiazole rings is 1. The van der Waals surface area contributed by atoms with Gasteiger partial charge in [-0.25, -0.2) is 9.37 Å². The van der Waals surface area contributed by atoms with Crippen LogP contribution in [0.25, 0.3) is 0 Å². The topological polar surface area (TPSA) is 69.0 Å².